The Morgan fingerprint density at radius 3 is 2.32 bits per heavy atom. The fraction of sp³-hybridized carbons (Fsp3) is 0.450. The van der Waals surface area contributed by atoms with Crippen molar-refractivity contribution in [2.24, 2.45) is 17.6 Å². The highest BCUT2D eigenvalue weighted by Gasteiger charge is 2.45. The monoisotopic (exact) mass is 826 g/mol. The standard InChI is InChI=1S/C40H46N10O8S/c1-59(57,58)28-7-4-25(5-8-28)43-36-34(35(41)52)42-18-32(45-36)49-14-2-3-26(22-49)44-37(53)24-20-47(21-24)19-23-12-15-48(16-13-23)27-6-9-29-30(17-27)40(56)50(39(29)55)31-10-11-33(51)46-38(31)54/h4-9,17-18,23-24,26,31H,2-3,10-16,19-22H2,1H3,(H2,41,52)(H,43,45)(H,44,53)(H,46,51,54)/t26-,31?/m1/s1. The number of hydrogen-bond donors (Lipinski definition) is 4. The van der Waals surface area contributed by atoms with Crippen molar-refractivity contribution >= 4 is 68.3 Å². The molecule has 5 aliphatic heterocycles. The Bertz CT molecular complexity index is 2330. The number of benzene rings is 2. The number of piperidine rings is 3. The van der Waals surface area contributed by atoms with Gasteiger partial charge in [0.2, 0.25) is 17.7 Å². The molecule has 5 aliphatic rings. The number of imide groups is 2. The van der Waals surface area contributed by atoms with E-state index in [0.29, 0.717) is 43.6 Å². The smallest absolute Gasteiger partial charge is 0.271 e. The minimum atomic E-state index is -3.38. The van der Waals surface area contributed by atoms with Gasteiger partial charge in [-0.25, -0.2) is 18.4 Å². The van der Waals surface area contributed by atoms with E-state index in [0.717, 1.165) is 62.2 Å². The summed E-state index contributed by atoms with van der Waals surface area (Å²) in [4.78, 5) is 92.6. The first-order chi connectivity index (χ1) is 28.2. The largest absolute Gasteiger partial charge is 0.371 e. The average molecular weight is 827 g/mol. The van der Waals surface area contributed by atoms with Gasteiger partial charge in [-0.15, -0.1) is 0 Å². The minimum Gasteiger partial charge on any atom is -0.371 e. The van der Waals surface area contributed by atoms with Crippen molar-refractivity contribution < 1.29 is 37.2 Å². The summed E-state index contributed by atoms with van der Waals surface area (Å²) in [6.45, 7) is 5.03. The molecule has 8 rings (SSSR count). The van der Waals surface area contributed by atoms with E-state index in [-0.39, 0.29) is 58.2 Å². The molecule has 310 valence electrons. The number of nitrogens with one attached hydrogen (secondary N) is 3. The Morgan fingerprint density at radius 2 is 1.63 bits per heavy atom. The van der Waals surface area contributed by atoms with Crippen molar-refractivity contribution in [2.45, 2.75) is 55.5 Å². The molecule has 5 N–H and O–H groups in total. The summed E-state index contributed by atoms with van der Waals surface area (Å²) < 4.78 is 23.7. The minimum absolute atomic E-state index is 0.0267. The summed E-state index contributed by atoms with van der Waals surface area (Å²) in [7, 11) is -3.38. The van der Waals surface area contributed by atoms with Crippen molar-refractivity contribution in [3.8, 4) is 0 Å². The number of anilines is 4. The van der Waals surface area contributed by atoms with Crippen LogP contribution < -0.4 is 31.5 Å². The second-order valence-corrected chi connectivity index (χ2v) is 18.0. The molecule has 6 amide bonds. The average Bonchev–Trinajstić information content (AvgIpc) is 3.44. The van der Waals surface area contributed by atoms with Gasteiger partial charge >= 0.3 is 0 Å². The summed E-state index contributed by atoms with van der Waals surface area (Å²) in [5.74, 6) is -1.79. The van der Waals surface area contributed by atoms with Gasteiger partial charge in [-0.1, -0.05) is 0 Å². The Hall–Kier alpha value is -5.95. The van der Waals surface area contributed by atoms with Crippen molar-refractivity contribution in [3.05, 3.63) is 65.5 Å². The van der Waals surface area contributed by atoms with Crippen LogP contribution in [0.1, 0.15) is 69.7 Å². The molecule has 4 saturated heterocycles. The number of hydrogen-bond acceptors (Lipinski definition) is 14. The number of amides is 6. The molecular formula is C40H46N10O8S. The lowest BCUT2D eigenvalue weighted by Crippen LogP contribution is -2.58. The Morgan fingerprint density at radius 1 is 0.898 bits per heavy atom. The second kappa shape index (κ2) is 16.0. The molecule has 0 aliphatic carbocycles. The Kier molecular flexibility index (Phi) is 10.8. The van der Waals surface area contributed by atoms with Gasteiger partial charge in [0.1, 0.15) is 11.9 Å². The molecule has 18 nitrogen and oxygen atoms in total. The van der Waals surface area contributed by atoms with Crippen LogP contribution in [-0.2, 0) is 24.2 Å². The molecular weight excluding hydrogens is 781 g/mol. The topological polar surface area (TPSA) is 237 Å². The number of aromatic nitrogens is 2. The predicted octanol–water partition coefficient (Wildman–Crippen LogP) is 1.06. The number of fused-ring (bicyclic) bond motifs is 1. The maximum atomic E-state index is 13.3. The van der Waals surface area contributed by atoms with Crippen LogP contribution in [0.2, 0.25) is 0 Å². The molecule has 1 unspecified atom stereocenters. The first-order valence-corrected chi connectivity index (χ1v) is 21.7. The first kappa shape index (κ1) is 39.9. The van der Waals surface area contributed by atoms with Crippen molar-refractivity contribution in [3.63, 3.8) is 0 Å². The van der Waals surface area contributed by atoms with Crippen molar-refractivity contribution in [1.29, 1.82) is 0 Å². The maximum Gasteiger partial charge on any atom is 0.271 e. The van der Waals surface area contributed by atoms with E-state index in [4.69, 9.17) is 5.73 Å². The highest BCUT2D eigenvalue weighted by molar-refractivity contribution is 7.90. The summed E-state index contributed by atoms with van der Waals surface area (Å²) in [5, 5.41) is 8.50. The van der Waals surface area contributed by atoms with Gasteiger partial charge in [0.05, 0.1) is 28.1 Å². The fourth-order valence-electron chi connectivity index (χ4n) is 8.62. The summed E-state index contributed by atoms with van der Waals surface area (Å²) in [5.41, 5.74) is 7.42. The number of carbonyl (C=O) groups is 6. The van der Waals surface area contributed by atoms with E-state index < -0.39 is 45.4 Å². The third-order valence-electron chi connectivity index (χ3n) is 11.9. The molecule has 0 radical (unpaired) electrons. The molecule has 6 heterocycles. The molecule has 2 aromatic carbocycles. The maximum absolute atomic E-state index is 13.3. The van der Waals surface area contributed by atoms with Gasteiger partial charge in [-0.3, -0.25) is 39.0 Å². The van der Waals surface area contributed by atoms with Gasteiger partial charge in [-0.05, 0) is 80.5 Å². The molecule has 4 fully saturated rings. The van der Waals surface area contributed by atoms with Crippen LogP contribution in [-0.4, -0.2) is 128 Å². The fourth-order valence-corrected chi connectivity index (χ4v) is 9.25. The van der Waals surface area contributed by atoms with Crippen LogP contribution in [0.3, 0.4) is 0 Å². The van der Waals surface area contributed by atoms with E-state index in [1.165, 1.54) is 18.3 Å². The molecule has 59 heavy (non-hydrogen) atoms. The third-order valence-corrected chi connectivity index (χ3v) is 13.0. The van der Waals surface area contributed by atoms with E-state index in [1.54, 1.807) is 24.3 Å². The van der Waals surface area contributed by atoms with Gasteiger partial charge in [0.15, 0.2) is 21.3 Å². The van der Waals surface area contributed by atoms with Crippen LogP contribution in [0.15, 0.2) is 53.6 Å². The quantitative estimate of drug-likeness (QED) is 0.198. The molecule has 3 aromatic rings. The van der Waals surface area contributed by atoms with Crippen LogP contribution >= 0.6 is 0 Å². The van der Waals surface area contributed by atoms with Crippen molar-refractivity contribution in [1.82, 2.24) is 30.4 Å². The van der Waals surface area contributed by atoms with Gasteiger partial charge in [0.25, 0.3) is 17.7 Å². The lowest BCUT2D eigenvalue weighted by molar-refractivity contribution is -0.136. The van der Waals surface area contributed by atoms with Crippen molar-refractivity contribution in [2.75, 3.05) is 67.2 Å². The molecule has 0 spiro atoms. The highest BCUT2D eigenvalue weighted by Crippen LogP contribution is 2.33. The SMILES string of the molecule is CS(=O)(=O)c1ccc(Nc2nc(N3CCC[C@@H](NC(=O)C4CN(CC5CCN(c6ccc7c(c6)C(=O)N(C6CCC(=O)NC6=O)C7=O)CC5)C4)C3)cnc2C(N)=O)cc1. The molecule has 1 aromatic heterocycles. The van der Waals surface area contributed by atoms with Gasteiger partial charge < -0.3 is 31.1 Å². The van der Waals surface area contributed by atoms with E-state index in [1.807, 2.05) is 11.0 Å². The van der Waals surface area contributed by atoms with Crippen LogP contribution in [0.25, 0.3) is 0 Å². The molecule has 0 bridgehead atoms. The first-order valence-electron chi connectivity index (χ1n) is 19.8. The van der Waals surface area contributed by atoms with E-state index in [2.05, 4.69) is 35.7 Å². The summed E-state index contributed by atoms with van der Waals surface area (Å²) in [6.07, 6.45) is 6.30. The van der Waals surface area contributed by atoms with E-state index >= 15 is 0 Å². The highest BCUT2D eigenvalue weighted by atomic mass is 32.2. The van der Waals surface area contributed by atoms with Gasteiger partial charge in [0, 0.05) is 75.9 Å². The Labute approximate surface area is 340 Å². The lowest BCUT2D eigenvalue weighted by Gasteiger charge is -2.43. The number of nitrogens with zero attached hydrogens (tertiary/aromatic N) is 6. The zero-order valence-electron chi connectivity index (χ0n) is 32.6. The van der Waals surface area contributed by atoms with Crippen LogP contribution in [0, 0.1) is 11.8 Å². The molecule has 19 heteroatoms. The number of primary amides is 1. The summed E-state index contributed by atoms with van der Waals surface area (Å²) >= 11 is 0. The van der Waals surface area contributed by atoms with E-state index in [9.17, 15) is 37.2 Å². The zero-order valence-corrected chi connectivity index (χ0v) is 33.4. The second-order valence-electron chi connectivity index (χ2n) is 16.0. The number of likely N-dealkylation sites (tertiary alicyclic amines) is 1. The predicted molar refractivity (Wildman–Crippen MR) is 215 cm³/mol. The van der Waals surface area contributed by atoms with Gasteiger partial charge in [-0.2, -0.15) is 0 Å². The number of carbonyl (C=O) groups excluding carboxylic acids is 6. The lowest BCUT2D eigenvalue weighted by atomic mass is 9.91. The van der Waals surface area contributed by atoms with Crippen LogP contribution in [0.4, 0.5) is 23.0 Å². The third kappa shape index (κ3) is 8.34. The summed E-state index contributed by atoms with van der Waals surface area (Å²) in [6, 6.07) is 10.2. The number of nitrogens with two attached hydrogens (primary N) is 1. The number of rotatable bonds is 11. The van der Waals surface area contributed by atoms with Crippen LogP contribution in [0.5, 0.6) is 0 Å². The zero-order chi connectivity index (χ0) is 41.6. The normalized spacial score (nSPS) is 21.9. The molecule has 2 atom stereocenters. The molecule has 0 saturated carbocycles. The number of sulfone groups is 1. The Balaban J connectivity index is 0.797.